The van der Waals surface area contributed by atoms with E-state index in [4.69, 9.17) is 11.6 Å². The predicted octanol–water partition coefficient (Wildman–Crippen LogP) is 1.53. The van der Waals surface area contributed by atoms with Gasteiger partial charge in [-0.15, -0.1) is 0 Å². The number of aromatic carboxylic acids is 1. The van der Waals surface area contributed by atoms with Gasteiger partial charge in [0.1, 0.15) is 5.82 Å². The molecule has 6 heteroatoms. The van der Waals surface area contributed by atoms with Gasteiger partial charge in [0.25, 0.3) is 5.56 Å². The fourth-order valence-electron chi connectivity index (χ4n) is 2.30. The molecule has 1 heterocycles. The van der Waals surface area contributed by atoms with E-state index in [0.29, 0.717) is 27.3 Å². The predicted molar refractivity (Wildman–Crippen MR) is 81.0 cm³/mol. The molecule has 22 heavy (non-hydrogen) atoms. The molecule has 0 radical (unpaired) electrons. The number of carbonyl (C=O) groups is 1. The smallest absolute Gasteiger partial charge is 0.258 e. The van der Waals surface area contributed by atoms with Crippen LogP contribution in [0, 0.1) is 0 Å². The molecule has 5 nitrogen and oxygen atoms in total. The summed E-state index contributed by atoms with van der Waals surface area (Å²) in [5, 5.41) is 12.0. The molecule has 0 bridgehead atoms. The van der Waals surface area contributed by atoms with E-state index >= 15 is 0 Å². The number of carboxylic acid groups (broad SMARTS) is 1. The number of halogens is 1. The zero-order valence-corrected chi connectivity index (χ0v) is 12.1. The highest BCUT2D eigenvalue weighted by molar-refractivity contribution is 6.31. The molecule has 0 saturated heterocycles. The Hall–Kier alpha value is -2.66. The van der Waals surface area contributed by atoms with E-state index in [1.165, 1.54) is 6.07 Å². The lowest BCUT2D eigenvalue weighted by Gasteiger charge is -2.10. The van der Waals surface area contributed by atoms with E-state index in [0.717, 1.165) is 0 Å². The van der Waals surface area contributed by atoms with Crippen LogP contribution in [0.15, 0.2) is 47.3 Å². The van der Waals surface area contributed by atoms with Crippen LogP contribution in [0.2, 0.25) is 5.02 Å². The van der Waals surface area contributed by atoms with Crippen LogP contribution >= 0.6 is 11.6 Å². The van der Waals surface area contributed by atoms with Gasteiger partial charge in [-0.1, -0.05) is 35.9 Å². The number of aromatic nitrogens is 2. The van der Waals surface area contributed by atoms with Crippen molar-refractivity contribution in [2.24, 2.45) is 0 Å². The molecule has 3 rings (SSSR count). The van der Waals surface area contributed by atoms with Crippen LogP contribution in [-0.2, 0) is 6.42 Å². The Labute approximate surface area is 130 Å². The molecule has 110 valence electrons. The van der Waals surface area contributed by atoms with Crippen molar-refractivity contribution in [3.63, 3.8) is 0 Å². The third-order valence-electron chi connectivity index (χ3n) is 3.31. The minimum atomic E-state index is -1.26. The van der Waals surface area contributed by atoms with Gasteiger partial charge in [0.05, 0.1) is 16.9 Å². The Morgan fingerprint density at radius 3 is 2.77 bits per heavy atom. The Kier molecular flexibility index (Phi) is 3.65. The average molecular weight is 314 g/mol. The van der Waals surface area contributed by atoms with Crippen molar-refractivity contribution in [1.82, 2.24) is 9.97 Å². The van der Waals surface area contributed by atoms with Gasteiger partial charge in [-0.05, 0) is 23.8 Å². The normalized spacial score (nSPS) is 10.8. The molecular weight excluding hydrogens is 304 g/mol. The molecule has 3 aromatic rings. The summed E-state index contributed by atoms with van der Waals surface area (Å²) >= 11 is 5.91. The lowest BCUT2D eigenvalue weighted by molar-refractivity contribution is -0.255. The first-order chi connectivity index (χ1) is 10.5. The van der Waals surface area contributed by atoms with E-state index < -0.39 is 5.97 Å². The van der Waals surface area contributed by atoms with Crippen LogP contribution in [0.25, 0.3) is 10.9 Å². The van der Waals surface area contributed by atoms with Gasteiger partial charge in [0.15, 0.2) is 0 Å². The average Bonchev–Trinajstić information content (AvgIpc) is 2.47. The van der Waals surface area contributed by atoms with Crippen LogP contribution in [-0.4, -0.2) is 15.9 Å². The number of hydrogen-bond donors (Lipinski definition) is 1. The van der Waals surface area contributed by atoms with E-state index in [2.05, 4.69) is 9.97 Å². The molecular formula is C16H10ClN2O3-. The second kappa shape index (κ2) is 5.61. The summed E-state index contributed by atoms with van der Waals surface area (Å²) in [5.41, 5.74) is 0.781. The number of carbonyl (C=O) groups excluding carboxylic acids is 1. The lowest BCUT2D eigenvalue weighted by atomic mass is 10.0. The number of carboxylic acids is 1. The maximum absolute atomic E-state index is 12.1. The zero-order valence-electron chi connectivity index (χ0n) is 11.3. The highest BCUT2D eigenvalue weighted by Crippen LogP contribution is 2.16. The molecule has 0 atom stereocenters. The topological polar surface area (TPSA) is 85.9 Å². The van der Waals surface area contributed by atoms with Crippen molar-refractivity contribution in [3.8, 4) is 0 Å². The number of hydrogen-bond acceptors (Lipinski definition) is 4. The van der Waals surface area contributed by atoms with Gasteiger partial charge in [-0.3, -0.25) is 4.79 Å². The fraction of sp³-hybridized carbons (Fsp3) is 0.0625. The van der Waals surface area contributed by atoms with E-state index in [1.807, 2.05) is 0 Å². The van der Waals surface area contributed by atoms with Crippen LogP contribution in [0.1, 0.15) is 21.7 Å². The molecule has 1 aromatic heterocycles. The van der Waals surface area contributed by atoms with Crippen LogP contribution in [0.3, 0.4) is 0 Å². The highest BCUT2D eigenvalue weighted by atomic mass is 35.5. The van der Waals surface area contributed by atoms with Gasteiger partial charge in [-0.25, -0.2) is 4.98 Å². The molecule has 0 spiro atoms. The summed E-state index contributed by atoms with van der Waals surface area (Å²) in [6.45, 7) is 0. The monoisotopic (exact) mass is 313 g/mol. The van der Waals surface area contributed by atoms with E-state index in [1.54, 1.807) is 36.4 Å². The molecule has 0 aliphatic rings. The SMILES string of the molecule is O=C([O-])c1ccccc1Cc1nc2cc(Cl)ccc2c(=O)[nH]1. The van der Waals surface area contributed by atoms with Crippen molar-refractivity contribution < 1.29 is 9.90 Å². The Morgan fingerprint density at radius 1 is 1.23 bits per heavy atom. The molecule has 0 amide bonds. The molecule has 0 aliphatic carbocycles. The zero-order chi connectivity index (χ0) is 15.7. The minimum Gasteiger partial charge on any atom is -0.545 e. The number of rotatable bonds is 3. The lowest BCUT2D eigenvalue weighted by Crippen LogP contribution is -2.24. The van der Waals surface area contributed by atoms with Crippen molar-refractivity contribution in [2.75, 3.05) is 0 Å². The van der Waals surface area contributed by atoms with Gasteiger partial charge in [0.2, 0.25) is 0 Å². The minimum absolute atomic E-state index is 0.0799. The van der Waals surface area contributed by atoms with Crippen molar-refractivity contribution >= 4 is 28.5 Å². The van der Waals surface area contributed by atoms with E-state index in [-0.39, 0.29) is 17.5 Å². The first-order valence-electron chi connectivity index (χ1n) is 6.52. The first kappa shape index (κ1) is 14.3. The second-order valence-electron chi connectivity index (χ2n) is 4.80. The number of nitrogens with one attached hydrogen (secondary N) is 1. The summed E-state index contributed by atoms with van der Waals surface area (Å²) in [4.78, 5) is 30.2. The number of fused-ring (bicyclic) bond motifs is 1. The second-order valence-corrected chi connectivity index (χ2v) is 5.23. The molecule has 0 unspecified atom stereocenters. The summed E-state index contributed by atoms with van der Waals surface area (Å²) < 4.78 is 0. The standard InChI is InChI=1S/C16H11ClN2O3/c17-10-5-6-12-13(8-10)18-14(19-15(12)20)7-9-3-1-2-4-11(9)16(21)22/h1-6,8H,7H2,(H,21,22)(H,18,19,20)/p-1. The van der Waals surface area contributed by atoms with Crippen molar-refractivity contribution in [1.29, 1.82) is 0 Å². The third-order valence-corrected chi connectivity index (χ3v) is 3.55. The van der Waals surface area contributed by atoms with Crippen LogP contribution in [0.5, 0.6) is 0 Å². The van der Waals surface area contributed by atoms with Gasteiger partial charge in [0, 0.05) is 17.0 Å². The molecule has 0 saturated carbocycles. The summed E-state index contributed by atoms with van der Waals surface area (Å²) in [7, 11) is 0. The number of benzene rings is 2. The number of nitrogens with zero attached hydrogens (tertiary/aromatic N) is 1. The van der Waals surface area contributed by atoms with Gasteiger partial charge >= 0.3 is 0 Å². The Bertz CT molecular complexity index is 934. The van der Waals surface area contributed by atoms with Gasteiger partial charge in [-0.2, -0.15) is 0 Å². The van der Waals surface area contributed by atoms with Crippen LogP contribution < -0.4 is 10.7 Å². The Balaban J connectivity index is 2.08. The largest absolute Gasteiger partial charge is 0.545 e. The Morgan fingerprint density at radius 2 is 2.00 bits per heavy atom. The highest BCUT2D eigenvalue weighted by Gasteiger charge is 2.08. The first-order valence-corrected chi connectivity index (χ1v) is 6.90. The molecule has 1 N–H and O–H groups in total. The third kappa shape index (κ3) is 2.71. The molecule has 2 aromatic carbocycles. The maximum Gasteiger partial charge on any atom is 0.258 e. The van der Waals surface area contributed by atoms with Crippen molar-refractivity contribution in [2.45, 2.75) is 6.42 Å². The maximum atomic E-state index is 12.1. The molecule has 0 aliphatic heterocycles. The van der Waals surface area contributed by atoms with Gasteiger partial charge < -0.3 is 14.9 Å². The summed E-state index contributed by atoms with van der Waals surface area (Å²) in [6.07, 6.45) is 0.182. The summed E-state index contributed by atoms with van der Waals surface area (Å²) in [6, 6.07) is 11.3. The molecule has 0 fully saturated rings. The van der Waals surface area contributed by atoms with E-state index in [9.17, 15) is 14.7 Å². The number of aromatic amines is 1. The summed E-state index contributed by atoms with van der Waals surface area (Å²) in [5.74, 6) is -0.893. The fourth-order valence-corrected chi connectivity index (χ4v) is 2.47. The van der Waals surface area contributed by atoms with Crippen molar-refractivity contribution in [3.05, 3.63) is 74.8 Å². The quantitative estimate of drug-likeness (QED) is 0.794. The number of H-pyrrole nitrogens is 1. The van der Waals surface area contributed by atoms with Crippen LogP contribution in [0.4, 0.5) is 0 Å².